The fraction of sp³-hybridized carbons (Fsp3) is 0.500. The third-order valence-corrected chi connectivity index (χ3v) is 27.8. The van der Waals surface area contributed by atoms with Crippen LogP contribution >= 0.6 is 11.8 Å². The van der Waals surface area contributed by atoms with Crippen molar-refractivity contribution in [1.29, 1.82) is 0 Å². The molecule has 34 nitrogen and oxygen atoms in total. The van der Waals surface area contributed by atoms with Gasteiger partial charge in [0.05, 0.1) is 110 Å². The Balaban J connectivity index is 0.000000159. The van der Waals surface area contributed by atoms with E-state index in [2.05, 4.69) is 81.1 Å². The van der Waals surface area contributed by atoms with Crippen molar-refractivity contribution in [1.82, 2.24) is 53.7 Å². The van der Waals surface area contributed by atoms with Crippen LogP contribution in [0.15, 0.2) is 160 Å². The molecule has 4 saturated heterocycles. The molecule has 11 aromatic rings. The Morgan fingerprint density at radius 2 is 1.18 bits per heavy atom. The van der Waals surface area contributed by atoms with Gasteiger partial charge in [0.2, 0.25) is 11.5 Å². The first-order valence-corrected chi connectivity index (χ1v) is 49.4. The van der Waals surface area contributed by atoms with Crippen molar-refractivity contribution in [3.05, 3.63) is 202 Å². The van der Waals surface area contributed by atoms with E-state index < -0.39 is 46.9 Å². The number of ether oxygens (including phenoxy) is 11. The van der Waals surface area contributed by atoms with Crippen molar-refractivity contribution < 1.29 is 99.9 Å². The number of nitrogen functional groups attached to an aromatic ring is 1. The summed E-state index contributed by atoms with van der Waals surface area (Å²) in [6.45, 7) is 25.7. The molecule has 3 amide bonds. The summed E-state index contributed by atoms with van der Waals surface area (Å²) >= 11 is 1.50. The van der Waals surface area contributed by atoms with E-state index in [1.165, 1.54) is 80.2 Å². The molecule has 760 valence electrons. The molecule has 12 atom stereocenters. The van der Waals surface area contributed by atoms with Gasteiger partial charge >= 0.3 is 17.6 Å². The smallest absolute Gasteiger partial charge is 0.351 e. The maximum Gasteiger partial charge on any atom is 0.351 e. The Labute approximate surface area is 827 Å². The van der Waals surface area contributed by atoms with Crippen molar-refractivity contribution in [2.24, 2.45) is 17.3 Å². The minimum absolute atomic E-state index is 0.0134. The average Bonchev–Trinajstić information content (AvgIpc) is 1.40. The fourth-order valence-electron chi connectivity index (χ4n) is 18.5. The van der Waals surface area contributed by atoms with E-state index in [-0.39, 0.29) is 85.8 Å². The molecule has 141 heavy (non-hydrogen) atoms. The van der Waals surface area contributed by atoms with Gasteiger partial charge in [0.1, 0.15) is 59.8 Å². The number of hydrogen-bond acceptors (Lipinski definition) is 26. The summed E-state index contributed by atoms with van der Waals surface area (Å²) in [5.74, 6) is 2.50. The van der Waals surface area contributed by atoms with E-state index in [1.54, 1.807) is 127 Å². The summed E-state index contributed by atoms with van der Waals surface area (Å²) < 4.78 is 77.4. The van der Waals surface area contributed by atoms with E-state index >= 15 is 0 Å². The number of carbonyl (C=O) groups is 6. The van der Waals surface area contributed by atoms with E-state index in [4.69, 9.17) is 76.6 Å². The molecular formula is C106H138N12O22S. The number of amides is 3. The van der Waals surface area contributed by atoms with E-state index in [0.29, 0.717) is 87.2 Å². The number of carboxylic acid groups (broad SMARTS) is 2. The average molecular weight is 1960 g/mol. The molecule has 2 saturated carbocycles. The second-order valence-corrected chi connectivity index (χ2v) is 38.2. The minimum atomic E-state index is -1.13. The number of nitrogens with one attached hydrogen (secondary N) is 2. The second-order valence-electron chi connectivity index (χ2n) is 37.2. The van der Waals surface area contributed by atoms with Crippen molar-refractivity contribution in [2.75, 3.05) is 74.5 Å². The van der Waals surface area contributed by atoms with Crippen LogP contribution in [0, 0.1) is 38.0 Å². The zero-order valence-electron chi connectivity index (χ0n) is 84.3. The summed E-state index contributed by atoms with van der Waals surface area (Å²) in [6.07, 6.45) is 26.8. The van der Waals surface area contributed by atoms with Crippen LogP contribution in [-0.2, 0) is 69.9 Å². The van der Waals surface area contributed by atoms with Gasteiger partial charge in [-0.15, -0.1) is 0 Å². The Hall–Kier alpha value is -12.1. The van der Waals surface area contributed by atoms with Crippen LogP contribution in [0.3, 0.4) is 0 Å². The van der Waals surface area contributed by atoms with Crippen molar-refractivity contribution in [2.45, 2.75) is 259 Å². The highest BCUT2D eigenvalue weighted by molar-refractivity contribution is 7.99. The third-order valence-electron chi connectivity index (χ3n) is 26.7. The Bertz CT molecular complexity index is 6130. The van der Waals surface area contributed by atoms with Crippen LogP contribution < -0.4 is 36.3 Å². The minimum Gasteiger partial charge on any atom is -0.496 e. The summed E-state index contributed by atoms with van der Waals surface area (Å²) in [5, 5.41) is 25.0. The number of Topliss-reactive ketones (excluding diaryl/α,β-unsaturated/α-hetero) is 1. The molecule has 6 N–H and O–H groups in total. The second kappa shape index (κ2) is 50.1. The van der Waals surface area contributed by atoms with E-state index in [1.807, 2.05) is 96.4 Å². The van der Waals surface area contributed by atoms with Crippen LogP contribution in [0.25, 0.3) is 55.9 Å². The lowest BCUT2D eigenvalue weighted by atomic mass is 9.75. The lowest BCUT2D eigenvalue weighted by Gasteiger charge is -2.45. The Morgan fingerprint density at radius 3 is 1.66 bits per heavy atom. The number of aryl methyl sites for hydroxylation is 3. The summed E-state index contributed by atoms with van der Waals surface area (Å²) in [4.78, 5) is 106. The number of ketones is 1. The number of methoxy groups -OCH3 is 7. The predicted molar refractivity (Wildman–Crippen MR) is 537 cm³/mol. The molecule has 0 bridgehead atoms. The molecule has 0 spiro atoms. The monoisotopic (exact) mass is 1960 g/mol. The van der Waals surface area contributed by atoms with Gasteiger partial charge in [-0.05, 0) is 190 Å². The maximum absolute atomic E-state index is 13.2. The first-order chi connectivity index (χ1) is 67.7. The highest BCUT2D eigenvalue weighted by Gasteiger charge is 2.50. The van der Waals surface area contributed by atoms with Crippen molar-refractivity contribution >= 4 is 86.1 Å². The largest absolute Gasteiger partial charge is 0.496 e. The number of likely N-dealkylation sites (tertiary alicyclic amines) is 1. The molecule has 7 aliphatic rings. The molecule has 6 fully saturated rings. The van der Waals surface area contributed by atoms with Gasteiger partial charge in [0.25, 0.3) is 11.8 Å². The third kappa shape index (κ3) is 26.5. The molecule has 11 heterocycles. The molecule has 5 aliphatic heterocycles. The number of aliphatic carboxylic acids is 2. The van der Waals surface area contributed by atoms with Crippen molar-refractivity contribution in [3.8, 4) is 40.0 Å². The number of anilines is 1. The summed E-state index contributed by atoms with van der Waals surface area (Å²) in [5.41, 5.74) is 18.0. The number of nitrogens with zero attached hydrogens (tertiary/aromatic N) is 9. The number of aromatic nitrogens is 8. The number of furan rings is 2. The quantitative estimate of drug-likeness (QED) is 0.0248. The molecule has 0 radical (unpaired) electrons. The Kier molecular flexibility index (Phi) is 38.3. The number of rotatable bonds is 26. The highest BCUT2D eigenvalue weighted by atomic mass is 32.2. The van der Waals surface area contributed by atoms with Crippen LogP contribution in [0.4, 0.5) is 5.82 Å². The van der Waals surface area contributed by atoms with Crippen molar-refractivity contribution in [3.63, 3.8) is 0 Å². The highest BCUT2D eigenvalue weighted by Crippen LogP contribution is 2.43. The standard InChI is InChI=1S/C29H31N3O6.C29H31N3O5.C16H20N2O2.C15H25NO4.C9H13N3O3S.C6H12O2.C2H6/c1-36-25-11-8-18(15-26(25)37-2)14-23(29(34)35)31-28(33)19-9-10-24-22(16-19)30-27(20-12-13-38-17-20)32(24)21-6-4-3-5-7-21;1-18-8-9-19(15-26(18)36-2)14-24(29(34)35)31-28(33)20-10-11-25-23(16-20)30-27(21-12-13-37-17-21)32(25)22-6-4-3-5-7-22;1-10(2)12-7-11(3)8-13-16(12)17-9-18(13)14-5-6-15(19-4)20-14;1-9-6-14(20-11(9)8-19-5)16-10(2)15(3,4)12(17)7-13(16)18;1-5-3-12(8(13)11-7(5)10)6-4-16-9(14-2)15-6;1-5-3-6(7-2)8-4-5;1-2/h8-13,15-17,21,23H,3-7,14H2,1-2H3,(H,31,33)(H,34,35);8-13,15-17,22,24H,3-7,14H2,1-2H3,(H,31,33)(H,34,35);5-10,14-15H,1-4H3;9-11,14H,6-8H2,1-5H3;3,6,9H,4H2,1-2H3,(H2,10,11,13);5-6H,3-4H2,1-2H3;1-2H3. The Morgan fingerprint density at radius 1 is 0.610 bits per heavy atom. The first-order valence-electron chi connectivity index (χ1n) is 48.4. The van der Waals surface area contributed by atoms with Crippen LogP contribution in [-0.4, -0.2) is 206 Å². The molecule has 6 aromatic heterocycles. The normalized spacial score (nSPS) is 21.4. The summed E-state index contributed by atoms with van der Waals surface area (Å²) in [7, 11) is 11.2. The van der Waals surface area contributed by atoms with Gasteiger partial charge in [-0.2, -0.15) is 4.98 Å². The molecule has 5 aromatic carbocycles. The fourth-order valence-corrected chi connectivity index (χ4v) is 19.4. The zero-order chi connectivity index (χ0) is 102. The van der Waals surface area contributed by atoms with Crippen LogP contribution in [0.5, 0.6) is 17.2 Å². The summed E-state index contributed by atoms with van der Waals surface area (Å²) in [6, 6.07) is 27.9. The van der Waals surface area contributed by atoms with Gasteiger partial charge in [-0.1, -0.05) is 130 Å². The molecule has 2 aliphatic carbocycles. The number of imidazole rings is 3. The lowest BCUT2D eigenvalue weighted by Crippen LogP contribution is -2.59. The number of benzene rings is 5. The predicted octanol–water partition coefficient (Wildman–Crippen LogP) is 18.3. The van der Waals surface area contributed by atoms with Gasteiger partial charge in [0.15, 0.2) is 36.5 Å². The molecular weight excluding hydrogens is 1830 g/mol. The topological polar surface area (TPSA) is 412 Å². The number of carboxylic acids is 2. The van der Waals surface area contributed by atoms with Crippen LogP contribution in [0.2, 0.25) is 0 Å². The molecule has 12 unspecified atom stereocenters. The number of carbonyl (C=O) groups excluding carboxylic acids is 4. The maximum atomic E-state index is 13.2. The molecule has 18 rings (SSSR count). The van der Waals surface area contributed by atoms with Gasteiger partial charge < -0.3 is 102 Å². The number of nitrogens with two attached hydrogens (primary N) is 1. The van der Waals surface area contributed by atoms with Gasteiger partial charge in [0, 0.05) is 99.9 Å². The molecule has 35 heteroatoms. The lowest BCUT2D eigenvalue weighted by molar-refractivity contribution is -0.169. The number of fused-ring (bicyclic) bond motifs is 3. The first kappa shape index (κ1) is 108. The van der Waals surface area contributed by atoms with Gasteiger partial charge in [-0.3, -0.25) is 28.3 Å². The zero-order valence-corrected chi connectivity index (χ0v) is 85.1. The number of piperidine rings is 1. The SMILES string of the molecule is CC.COC1C=CC(n2cnc3c(C(C)C)cc(C)cc32)O1.COC1CC(C)CO1.COC1OC(n2cc(C)c(N)nc2=O)CS1.COCC1OC(N2C(=O)CC(=O)C(C)(C)C2C)CC1C.COc1cc(CC(NC(=O)c2ccc3c(c2)nc(-c2ccoc2)n3C2CCCCC2)C(=O)O)ccc1C.COc1ccc(CC(NC(=O)c2ccc3c(c2)nc(-c2ccoc2)n3C2CCCCC2)C(=O)O)cc1OC. The van der Waals surface area contributed by atoms with E-state index in [9.17, 15) is 43.8 Å². The van der Waals surface area contributed by atoms with Gasteiger partial charge in [-0.25, -0.2) is 29.3 Å². The number of hydrogen-bond donors (Lipinski definition) is 5. The van der Waals surface area contributed by atoms with E-state index in [0.717, 1.165) is 107 Å². The number of thioether (sulfide) groups is 1. The van der Waals surface area contributed by atoms with Crippen LogP contribution in [0.1, 0.15) is 230 Å².